The molecule has 3 aliphatic carbocycles. The van der Waals surface area contributed by atoms with Crippen LogP contribution in [0.1, 0.15) is 148 Å². The maximum atomic E-state index is 14.4. The number of amides is 5. The molecular weight excluding hydrogens is 1800 g/mol. The highest BCUT2D eigenvalue weighted by Crippen LogP contribution is 2.44. The van der Waals surface area contributed by atoms with Crippen molar-refractivity contribution in [1.29, 1.82) is 0 Å². The van der Waals surface area contributed by atoms with E-state index in [2.05, 4.69) is 110 Å². The Kier molecular flexibility index (Phi) is 28.9. The van der Waals surface area contributed by atoms with E-state index in [9.17, 15) is 32.8 Å². The highest BCUT2D eigenvalue weighted by Gasteiger charge is 2.34. The Bertz CT molecular complexity index is 6630. The zero-order chi connectivity index (χ0) is 98.3. The van der Waals surface area contributed by atoms with Crippen molar-refractivity contribution >= 4 is 121 Å². The van der Waals surface area contributed by atoms with E-state index in [4.69, 9.17) is 26.8 Å². The lowest BCUT2D eigenvalue weighted by Crippen LogP contribution is -2.49. The fourth-order valence-electron chi connectivity index (χ4n) is 18.3. The van der Waals surface area contributed by atoms with E-state index >= 15 is 0 Å². The van der Waals surface area contributed by atoms with Crippen LogP contribution in [0.5, 0.6) is 5.75 Å². The van der Waals surface area contributed by atoms with Crippen molar-refractivity contribution in [3.05, 3.63) is 266 Å². The topological polar surface area (TPSA) is 299 Å². The van der Waals surface area contributed by atoms with Crippen LogP contribution >= 0.6 is 0 Å². The lowest BCUT2D eigenvalue weighted by atomic mass is 10.0. The number of anilines is 6. The quantitative estimate of drug-likeness (QED) is 0.0726. The van der Waals surface area contributed by atoms with Crippen LogP contribution in [0, 0.1) is 46.3 Å². The Morgan fingerprint density at radius 1 is 0.352 bits per heavy atom. The summed E-state index contributed by atoms with van der Waals surface area (Å²) in [5.41, 5.74) is 21.6. The van der Waals surface area contributed by atoms with Gasteiger partial charge in [-0.3, -0.25) is 19.2 Å². The number of oxazole rings is 5. The number of carbonyl (C=O) groups is 5. The number of nitrogens with zero attached hydrogens (tertiary/aromatic N) is 19. The van der Waals surface area contributed by atoms with Gasteiger partial charge in [-0.05, 0) is 248 Å². The largest absolute Gasteiger partial charge is 0.423 e. The van der Waals surface area contributed by atoms with Gasteiger partial charge in [0, 0.05) is 169 Å². The summed E-state index contributed by atoms with van der Waals surface area (Å²) in [5, 5.41) is 0. The first-order valence-electron chi connectivity index (χ1n) is 49.6. The van der Waals surface area contributed by atoms with Gasteiger partial charge in [-0.15, -0.1) is 0 Å². The summed E-state index contributed by atoms with van der Waals surface area (Å²) >= 11 is 0. The Balaban J connectivity index is 0.000000113. The molecule has 7 aromatic carbocycles. The Morgan fingerprint density at radius 2 is 0.732 bits per heavy atom. The summed E-state index contributed by atoms with van der Waals surface area (Å²) in [6, 6.07) is 55.7. The van der Waals surface area contributed by atoms with Crippen molar-refractivity contribution in [1.82, 2.24) is 64.4 Å². The van der Waals surface area contributed by atoms with Crippen LogP contribution in [-0.4, -0.2) is 239 Å². The minimum atomic E-state index is -0.311. The maximum absolute atomic E-state index is 14.4. The number of ether oxygens (including phenoxy) is 1. The number of pyridine rings is 3. The van der Waals surface area contributed by atoms with Gasteiger partial charge in [0.05, 0.1) is 25.7 Å². The van der Waals surface area contributed by atoms with E-state index < -0.39 is 0 Å². The van der Waals surface area contributed by atoms with Crippen molar-refractivity contribution in [2.24, 2.45) is 0 Å². The van der Waals surface area contributed by atoms with Crippen LogP contribution in [0.2, 0.25) is 0 Å². The molecule has 23 rings (SSSR count). The summed E-state index contributed by atoms with van der Waals surface area (Å²) in [4.78, 5) is 120. The number of aromatic nitrogens is 8. The van der Waals surface area contributed by atoms with Crippen LogP contribution in [0.4, 0.5) is 49.3 Å². The average molecular weight is 1920 g/mol. The normalized spacial score (nSPS) is 16.2. The second-order valence-electron chi connectivity index (χ2n) is 39.0. The molecule has 3 saturated carbocycles. The molecule has 15 aromatic rings. The Morgan fingerprint density at radius 3 is 1.18 bits per heavy atom. The van der Waals surface area contributed by atoms with E-state index in [1.807, 2.05) is 182 Å². The monoisotopic (exact) mass is 1920 g/mol. The molecule has 0 atom stereocenters. The number of hydrogen-bond donors (Lipinski definition) is 0. The second-order valence-corrected chi connectivity index (χ2v) is 39.0. The zero-order valence-corrected chi connectivity index (χ0v) is 82.1. The van der Waals surface area contributed by atoms with Gasteiger partial charge in [-0.25, -0.2) is 28.5 Å². The van der Waals surface area contributed by atoms with Crippen molar-refractivity contribution in [3.63, 3.8) is 0 Å². The summed E-state index contributed by atoms with van der Waals surface area (Å²) in [5.74, 6) is 2.59. The zero-order valence-electron chi connectivity index (χ0n) is 82.1. The first-order chi connectivity index (χ1) is 68.8. The average Bonchev–Trinajstić information content (AvgIpc) is 1.66. The van der Waals surface area contributed by atoms with Crippen molar-refractivity contribution in [2.75, 3.05) is 174 Å². The van der Waals surface area contributed by atoms with Gasteiger partial charge in [-0.2, -0.15) is 24.9 Å². The third-order valence-electron chi connectivity index (χ3n) is 27.5. The molecule has 30 nitrogen and oxygen atoms in total. The minimum Gasteiger partial charge on any atom is -0.423 e. The molecule has 32 heteroatoms. The van der Waals surface area contributed by atoms with E-state index in [0.29, 0.717) is 242 Å². The lowest BCUT2D eigenvalue weighted by molar-refractivity contribution is -0.131. The first kappa shape index (κ1) is 96.0. The SMILES string of the molecule is Cc1ccc2nc(N3CCN(C(=O)Cc4ccc(C5CC5)cc4F)CC3)oc2c1.Cc1ccc2oc(N3CCN(C(=O)Cc4ccc(C5CC5)c(F)c4)CC3)nc2c1.Cc1cnc2nc(N3CCN(C(=O)Cc4ccc(C(C)C)cc4)CC3)oc2c1.Cc1cnc2nc(N3CCN(C(=O)Cc4ccc(N(C)C)cc4)CC3)oc2c1.Cc1cnc2nc(N3CCN(C(=O)Oc4ccc(C5CC5)cc4)CC3)oc2c1. The number of fused-ring (bicyclic) bond motifs is 5. The lowest BCUT2D eigenvalue weighted by Gasteiger charge is -2.34. The van der Waals surface area contributed by atoms with Crippen molar-refractivity contribution < 1.29 is 59.6 Å². The molecule has 0 unspecified atom stereocenters. The fraction of sp³-hybridized carbons (Fsp3) is 0.391. The molecule has 5 aliphatic heterocycles. The molecule has 0 spiro atoms. The number of rotatable bonds is 19. The van der Waals surface area contributed by atoms with Gasteiger partial charge in [0.25, 0.3) is 30.1 Å². The number of benzene rings is 7. The minimum absolute atomic E-state index is 0.0316. The van der Waals surface area contributed by atoms with Gasteiger partial charge >= 0.3 is 6.09 Å². The van der Waals surface area contributed by atoms with E-state index in [1.165, 1.54) is 30.0 Å². The van der Waals surface area contributed by atoms with E-state index in [0.717, 1.165) is 109 Å². The van der Waals surface area contributed by atoms with Crippen LogP contribution in [0.15, 0.2) is 204 Å². The highest BCUT2D eigenvalue weighted by molar-refractivity contribution is 5.83. The smallest absolute Gasteiger partial charge is 0.415 e. The molecule has 0 radical (unpaired) electrons. The number of aryl methyl sites for hydroxylation is 5. The van der Waals surface area contributed by atoms with Crippen molar-refractivity contribution in [2.45, 2.75) is 136 Å². The fourth-order valence-corrected chi connectivity index (χ4v) is 18.3. The third-order valence-corrected chi connectivity index (χ3v) is 27.5. The van der Waals surface area contributed by atoms with Crippen LogP contribution in [0.3, 0.4) is 0 Å². The third kappa shape index (κ3) is 23.7. The molecule has 5 saturated heterocycles. The molecule has 142 heavy (non-hydrogen) atoms. The summed E-state index contributed by atoms with van der Waals surface area (Å²) in [6.45, 7) is 27.3. The van der Waals surface area contributed by atoms with Crippen LogP contribution < -0.4 is 34.1 Å². The van der Waals surface area contributed by atoms with E-state index in [-0.39, 0.29) is 54.2 Å². The van der Waals surface area contributed by atoms with Gasteiger partial charge in [-0.1, -0.05) is 98.8 Å². The van der Waals surface area contributed by atoms with Gasteiger partial charge < -0.3 is 80.7 Å². The Labute approximate surface area is 823 Å². The number of halogens is 2. The molecule has 0 N–H and O–H groups in total. The van der Waals surface area contributed by atoms with Crippen LogP contribution in [-0.2, 0) is 44.9 Å². The Hall–Kier alpha value is -14.9. The molecule has 13 heterocycles. The highest BCUT2D eigenvalue weighted by atomic mass is 19.1. The summed E-state index contributed by atoms with van der Waals surface area (Å²) in [7, 11) is 4.02. The van der Waals surface area contributed by atoms with E-state index in [1.54, 1.807) is 40.5 Å². The number of hydrogen-bond acceptors (Lipinski definition) is 25. The van der Waals surface area contributed by atoms with Gasteiger partial charge in [0.2, 0.25) is 40.6 Å². The summed E-state index contributed by atoms with van der Waals surface area (Å²) < 4.78 is 63.5. The number of piperazine rings is 5. The summed E-state index contributed by atoms with van der Waals surface area (Å²) in [6.07, 6.45) is 13.2. The number of carbonyl (C=O) groups excluding carboxylic acids is 5. The first-order valence-corrected chi connectivity index (χ1v) is 49.6. The maximum Gasteiger partial charge on any atom is 0.415 e. The molecule has 5 amide bonds. The molecule has 8 aliphatic rings. The standard InChI is InChI=1S/2C23H24FN3O2.C22H26N4O2.C21H25N5O2.C21H22N4O3/c1-15-2-7-21-20(12-15)25-23(29-21)27-10-8-26(9-11-27)22(28)14-16-3-6-18(17-4-5-17)19(24)13-16;1-15-2-7-20-21(12-15)29-23(25-20)27-10-8-26(9-11-27)22(28)14-18-6-5-17(13-19(18)24)16-3-4-16;1-15(2)18-6-4-17(5-7-18)13-20(27)25-8-10-26(11-9-25)22-24-21-19(28-22)12-16(3)14-23-21;1-15-12-18-20(22-14-15)23-21(28-18)26-10-8-25(9-11-26)19(27)13-16-4-6-17(7-5-16)24(2)3;1-14-12-18-19(22-13-14)23-20(28-18)24-8-10-25(11-9-24)21(26)27-17-6-4-16(5-7-17)15-2-3-15/h2-3,6-7,12-13,17H,4-5,8-11,14H2,1H3;2,5-7,12-13,16H,3-4,8-11,14H2,1H3;4-7,12,14-15H,8-11,13H2,1-3H3;4-7,12,14H,8-11,13H2,1-3H3;4-7,12-13,15H,2-3,8-11H2,1H3. The van der Waals surface area contributed by atoms with Gasteiger partial charge in [0.15, 0.2) is 27.9 Å². The molecular formula is C110H121F2N19O11. The van der Waals surface area contributed by atoms with Gasteiger partial charge in [0.1, 0.15) is 28.4 Å². The molecule has 0 bridgehead atoms. The predicted molar refractivity (Wildman–Crippen MR) is 543 cm³/mol. The van der Waals surface area contributed by atoms with Crippen LogP contribution in [0.25, 0.3) is 55.9 Å². The molecule has 8 fully saturated rings. The second kappa shape index (κ2) is 42.7. The molecule has 736 valence electrons. The molecule has 8 aromatic heterocycles. The van der Waals surface area contributed by atoms with Crippen molar-refractivity contribution in [3.8, 4) is 5.75 Å². The predicted octanol–water partition coefficient (Wildman–Crippen LogP) is 17.9.